The van der Waals surface area contributed by atoms with Crippen LogP contribution in [0.15, 0.2) is 35.6 Å². The summed E-state index contributed by atoms with van der Waals surface area (Å²) in [6.45, 7) is 6.77. The zero-order chi connectivity index (χ0) is 17.7. The summed E-state index contributed by atoms with van der Waals surface area (Å²) in [7, 11) is 0. The van der Waals surface area contributed by atoms with Crippen molar-refractivity contribution in [3.8, 4) is 5.75 Å². The Morgan fingerprint density at radius 2 is 1.88 bits per heavy atom. The predicted molar refractivity (Wildman–Crippen MR) is 91.9 cm³/mol. The molecule has 0 saturated heterocycles. The van der Waals surface area contributed by atoms with Crippen LogP contribution < -0.4 is 4.74 Å². The smallest absolute Gasteiger partial charge is 0.290 e. The number of ether oxygens (including phenoxy) is 1. The van der Waals surface area contributed by atoms with Gasteiger partial charge in [-0.2, -0.15) is 0 Å². The van der Waals surface area contributed by atoms with Crippen molar-refractivity contribution < 1.29 is 19.4 Å². The zero-order valence-electron chi connectivity index (χ0n) is 14.5. The van der Waals surface area contributed by atoms with Crippen LogP contribution in [0.1, 0.15) is 51.6 Å². The number of aliphatic hydroxyl groups excluding tert-OH is 1. The Balaban J connectivity index is 2.41. The van der Waals surface area contributed by atoms with E-state index < -0.39 is 17.7 Å². The molecule has 0 spiro atoms. The molecule has 130 valence electrons. The first kappa shape index (κ1) is 18.0. The van der Waals surface area contributed by atoms with Crippen LogP contribution in [0.4, 0.5) is 0 Å². The number of unbranched alkanes of at least 4 members (excludes halogenated alkanes) is 1. The Morgan fingerprint density at radius 1 is 1.21 bits per heavy atom. The summed E-state index contributed by atoms with van der Waals surface area (Å²) in [6, 6.07) is 6.83. The van der Waals surface area contributed by atoms with Crippen LogP contribution in [-0.4, -0.2) is 34.8 Å². The van der Waals surface area contributed by atoms with Crippen molar-refractivity contribution in [2.24, 2.45) is 0 Å². The van der Waals surface area contributed by atoms with Crippen LogP contribution in [0.25, 0.3) is 0 Å². The molecule has 1 N–H and O–H groups in total. The standard InChI is InChI=1S/C19H25NO4/c1-4-7-12-20-17(13-8-10-14(11-9-13)24-6-3)16(15(21)5-2)18(22)19(20)23/h8-11,17,22H,4-7,12H2,1-3H3. The number of aliphatic hydroxyl groups is 1. The molecule has 1 aromatic carbocycles. The Bertz CT molecular complexity index is 633. The Hall–Kier alpha value is -2.30. The van der Waals surface area contributed by atoms with Crippen LogP contribution in [0.2, 0.25) is 0 Å². The van der Waals surface area contributed by atoms with E-state index in [9.17, 15) is 14.7 Å². The van der Waals surface area contributed by atoms with Crippen molar-refractivity contribution >= 4 is 11.7 Å². The van der Waals surface area contributed by atoms with Crippen molar-refractivity contribution in [2.75, 3.05) is 13.2 Å². The molecule has 1 heterocycles. The molecule has 0 aromatic heterocycles. The number of nitrogens with zero attached hydrogens (tertiary/aromatic N) is 1. The van der Waals surface area contributed by atoms with Crippen LogP contribution in [-0.2, 0) is 9.59 Å². The van der Waals surface area contributed by atoms with E-state index in [2.05, 4.69) is 0 Å². The molecule has 1 aliphatic heterocycles. The number of amides is 1. The highest BCUT2D eigenvalue weighted by atomic mass is 16.5. The van der Waals surface area contributed by atoms with Gasteiger partial charge in [0.05, 0.1) is 18.2 Å². The molecule has 0 aliphatic carbocycles. The lowest BCUT2D eigenvalue weighted by atomic mass is 9.95. The minimum atomic E-state index is -0.521. The van der Waals surface area contributed by atoms with Gasteiger partial charge in [0, 0.05) is 13.0 Å². The monoisotopic (exact) mass is 331 g/mol. The fraction of sp³-hybridized carbons (Fsp3) is 0.474. The number of hydrogen-bond donors (Lipinski definition) is 1. The summed E-state index contributed by atoms with van der Waals surface area (Å²) in [6.07, 6.45) is 2.00. The molecule has 5 nitrogen and oxygen atoms in total. The van der Waals surface area contributed by atoms with Crippen LogP contribution in [0.3, 0.4) is 0 Å². The lowest BCUT2D eigenvalue weighted by molar-refractivity contribution is -0.129. The molecule has 1 amide bonds. The van der Waals surface area contributed by atoms with Crippen molar-refractivity contribution in [1.82, 2.24) is 4.90 Å². The lowest BCUT2D eigenvalue weighted by Gasteiger charge is -2.26. The molecule has 0 radical (unpaired) electrons. The fourth-order valence-electron chi connectivity index (χ4n) is 2.95. The quantitative estimate of drug-likeness (QED) is 0.791. The maximum absolute atomic E-state index is 12.4. The number of carbonyl (C=O) groups is 2. The molecule has 0 bridgehead atoms. The highest BCUT2D eigenvalue weighted by Gasteiger charge is 2.42. The number of benzene rings is 1. The van der Waals surface area contributed by atoms with Crippen LogP contribution in [0.5, 0.6) is 5.75 Å². The molecule has 1 aromatic rings. The average Bonchev–Trinajstić information content (AvgIpc) is 2.84. The minimum absolute atomic E-state index is 0.196. The second-order valence-corrected chi connectivity index (χ2v) is 5.80. The van der Waals surface area contributed by atoms with E-state index in [1.165, 1.54) is 0 Å². The highest BCUT2D eigenvalue weighted by molar-refractivity contribution is 6.08. The van der Waals surface area contributed by atoms with Gasteiger partial charge in [-0.3, -0.25) is 9.59 Å². The maximum Gasteiger partial charge on any atom is 0.290 e. The first-order chi connectivity index (χ1) is 11.5. The van der Waals surface area contributed by atoms with Gasteiger partial charge in [0.2, 0.25) is 0 Å². The normalized spacial score (nSPS) is 17.5. The Kier molecular flexibility index (Phi) is 6.01. The van der Waals surface area contributed by atoms with E-state index in [4.69, 9.17) is 4.74 Å². The van der Waals surface area contributed by atoms with Gasteiger partial charge in [0.15, 0.2) is 11.5 Å². The highest BCUT2D eigenvalue weighted by Crippen LogP contribution is 2.38. The van der Waals surface area contributed by atoms with Crippen molar-refractivity contribution in [2.45, 2.75) is 46.1 Å². The topological polar surface area (TPSA) is 66.8 Å². The van der Waals surface area contributed by atoms with E-state index in [0.717, 1.165) is 24.2 Å². The van der Waals surface area contributed by atoms with Gasteiger partial charge < -0.3 is 14.7 Å². The van der Waals surface area contributed by atoms with Gasteiger partial charge in [-0.15, -0.1) is 0 Å². The molecular weight excluding hydrogens is 306 g/mol. The Labute approximate surface area is 142 Å². The van der Waals surface area contributed by atoms with E-state index >= 15 is 0 Å². The van der Waals surface area contributed by atoms with Gasteiger partial charge in [0.25, 0.3) is 5.91 Å². The summed E-state index contributed by atoms with van der Waals surface area (Å²) in [5.74, 6) is -0.322. The third-order valence-corrected chi connectivity index (χ3v) is 4.18. The summed E-state index contributed by atoms with van der Waals surface area (Å²) >= 11 is 0. The third kappa shape index (κ3) is 3.45. The van der Waals surface area contributed by atoms with Crippen LogP contribution >= 0.6 is 0 Å². The summed E-state index contributed by atoms with van der Waals surface area (Å²) in [4.78, 5) is 26.4. The van der Waals surface area contributed by atoms with Gasteiger partial charge in [-0.25, -0.2) is 0 Å². The zero-order valence-corrected chi connectivity index (χ0v) is 14.5. The van der Waals surface area contributed by atoms with E-state index in [0.29, 0.717) is 13.2 Å². The third-order valence-electron chi connectivity index (χ3n) is 4.18. The number of Topliss-reactive ketones (excluding diaryl/α,β-unsaturated/α-hetero) is 1. The molecule has 0 fully saturated rings. The second kappa shape index (κ2) is 7.99. The van der Waals surface area contributed by atoms with E-state index in [1.807, 2.05) is 38.1 Å². The van der Waals surface area contributed by atoms with Gasteiger partial charge >= 0.3 is 0 Å². The molecule has 1 aliphatic rings. The van der Waals surface area contributed by atoms with E-state index in [-0.39, 0.29) is 17.8 Å². The minimum Gasteiger partial charge on any atom is -0.503 e. The first-order valence-corrected chi connectivity index (χ1v) is 8.55. The Morgan fingerprint density at radius 3 is 2.42 bits per heavy atom. The van der Waals surface area contributed by atoms with Crippen molar-refractivity contribution in [3.63, 3.8) is 0 Å². The SMILES string of the molecule is CCCCN1C(=O)C(O)=C(C(=O)CC)C1c1ccc(OCC)cc1. The molecule has 2 rings (SSSR count). The van der Waals surface area contributed by atoms with Crippen LogP contribution in [0, 0.1) is 0 Å². The van der Waals surface area contributed by atoms with Gasteiger partial charge in [0.1, 0.15) is 5.75 Å². The molecule has 1 unspecified atom stereocenters. The fourth-order valence-corrected chi connectivity index (χ4v) is 2.95. The summed E-state index contributed by atoms with van der Waals surface area (Å²) < 4.78 is 5.44. The van der Waals surface area contributed by atoms with E-state index in [1.54, 1.807) is 11.8 Å². The van der Waals surface area contributed by atoms with Crippen molar-refractivity contribution in [3.05, 3.63) is 41.2 Å². The number of hydrogen-bond acceptors (Lipinski definition) is 4. The van der Waals surface area contributed by atoms with Crippen molar-refractivity contribution in [1.29, 1.82) is 0 Å². The second-order valence-electron chi connectivity index (χ2n) is 5.80. The molecule has 24 heavy (non-hydrogen) atoms. The molecule has 5 heteroatoms. The summed E-state index contributed by atoms with van der Waals surface area (Å²) in [5.41, 5.74) is 1.02. The van der Waals surface area contributed by atoms with Gasteiger partial charge in [-0.05, 0) is 31.0 Å². The largest absolute Gasteiger partial charge is 0.503 e. The molecule has 1 atom stereocenters. The molecule has 0 saturated carbocycles. The summed E-state index contributed by atoms with van der Waals surface area (Å²) in [5, 5.41) is 10.2. The van der Waals surface area contributed by atoms with Gasteiger partial charge in [-0.1, -0.05) is 32.4 Å². The predicted octanol–water partition coefficient (Wildman–Crippen LogP) is 3.56. The maximum atomic E-state index is 12.4. The number of carbonyl (C=O) groups excluding carboxylic acids is 2. The number of rotatable bonds is 8. The first-order valence-electron chi connectivity index (χ1n) is 8.55. The lowest BCUT2D eigenvalue weighted by Crippen LogP contribution is -2.32. The average molecular weight is 331 g/mol. The molecular formula is C19H25NO4. The number of ketones is 1.